The van der Waals surface area contributed by atoms with Gasteiger partial charge in [-0.1, -0.05) is 25.6 Å². The topological polar surface area (TPSA) is 20.2 Å². The smallest absolute Gasteiger partial charge is 0.0653 e. The molecular weight excluding hydrogens is 163 g/mol. The Labute approximate surface area is 75.2 Å². The Hall–Kier alpha value is 0.725. The number of thiol groups is 2. The van der Waals surface area contributed by atoms with Gasteiger partial charge in [0.05, 0.1) is 7.85 Å². The fourth-order valence-corrected chi connectivity index (χ4v) is 0.610. The van der Waals surface area contributed by atoms with Crippen LogP contribution in [0.2, 0.25) is 6.32 Å². The molecule has 60 valence electrons. The molecule has 0 fully saturated rings. The molecule has 0 aliphatic carbocycles. The Bertz CT molecular complexity index is 40.7. The molecule has 4 heteroatoms. The largest absolute Gasteiger partial charge is 0.396 e. The van der Waals surface area contributed by atoms with Gasteiger partial charge in [0.25, 0.3) is 0 Å². The van der Waals surface area contributed by atoms with Crippen LogP contribution in [0.5, 0.6) is 0 Å². The first-order valence-electron chi connectivity index (χ1n) is 3.42. The average molecular weight is 178 g/mol. The summed E-state index contributed by atoms with van der Waals surface area (Å²) >= 11 is 6.44. The minimum atomic E-state index is 0.324. The van der Waals surface area contributed by atoms with Crippen LogP contribution >= 0.6 is 23.3 Å². The summed E-state index contributed by atoms with van der Waals surface area (Å²) in [7, 11) is 5.25. The maximum atomic E-state index is 8.33. The van der Waals surface area contributed by atoms with Crippen LogP contribution in [0.25, 0.3) is 0 Å². The summed E-state index contributed by atoms with van der Waals surface area (Å²) in [5.41, 5.74) is 0. The number of rotatable bonds is 5. The first-order valence-corrected chi connectivity index (χ1v) is 5.02. The summed E-state index contributed by atoms with van der Waals surface area (Å²) in [5, 5.41) is 8.33. The molecule has 0 aromatic heterocycles. The van der Waals surface area contributed by atoms with E-state index in [-0.39, 0.29) is 0 Å². The van der Waals surface area contributed by atoms with Crippen molar-refractivity contribution in [2.24, 2.45) is 0 Å². The molecule has 0 atom stereocenters. The van der Waals surface area contributed by atoms with E-state index >= 15 is 0 Å². The van der Waals surface area contributed by atoms with Crippen molar-refractivity contribution in [2.45, 2.75) is 32.0 Å². The van der Waals surface area contributed by atoms with E-state index in [1.165, 1.54) is 0 Å². The lowest BCUT2D eigenvalue weighted by Gasteiger charge is -1.93. The lowest BCUT2D eigenvalue weighted by molar-refractivity contribution is 0.283. The van der Waals surface area contributed by atoms with E-state index in [2.05, 4.69) is 23.3 Å². The lowest BCUT2D eigenvalue weighted by Crippen LogP contribution is -1.82. The van der Waals surface area contributed by atoms with Gasteiger partial charge in [-0.05, 0) is 6.42 Å². The maximum absolute atomic E-state index is 8.33. The van der Waals surface area contributed by atoms with Gasteiger partial charge in [-0.3, -0.25) is 0 Å². The first kappa shape index (κ1) is 13.3. The number of hydrogen-bond donors (Lipinski definition) is 3. The molecular formula is C6H15BOS2. The number of aliphatic hydroxyl groups excluding tert-OH is 1. The van der Waals surface area contributed by atoms with E-state index in [1.54, 1.807) is 0 Å². The third-order valence-electron chi connectivity index (χ3n) is 1.11. The van der Waals surface area contributed by atoms with E-state index in [9.17, 15) is 0 Å². The summed E-state index contributed by atoms with van der Waals surface area (Å²) in [6.45, 7) is 0.324. The molecule has 0 heterocycles. The van der Waals surface area contributed by atoms with E-state index in [0.717, 1.165) is 32.0 Å². The van der Waals surface area contributed by atoms with Crippen LogP contribution in [-0.2, 0) is 0 Å². The summed E-state index contributed by atoms with van der Waals surface area (Å²) in [4.78, 5) is 0. The molecule has 0 amide bonds. The molecule has 1 nitrogen and oxygen atoms in total. The molecule has 1 N–H and O–H groups in total. The Morgan fingerprint density at radius 3 is 1.90 bits per heavy atom. The molecule has 0 saturated heterocycles. The molecule has 0 spiro atoms. The Kier molecular flexibility index (Phi) is 21.8. The number of hydrogen-bond acceptors (Lipinski definition) is 3. The van der Waals surface area contributed by atoms with Crippen molar-refractivity contribution in [2.75, 3.05) is 6.61 Å². The molecule has 0 saturated carbocycles. The predicted octanol–water partition coefficient (Wildman–Crippen LogP) is 1.89. The molecule has 0 aliphatic heterocycles. The second-order valence-electron chi connectivity index (χ2n) is 1.93. The zero-order valence-corrected chi connectivity index (χ0v) is 7.95. The van der Waals surface area contributed by atoms with Gasteiger partial charge in [0.1, 0.15) is 0 Å². The Morgan fingerprint density at radius 1 is 1.00 bits per heavy atom. The van der Waals surface area contributed by atoms with E-state index in [4.69, 9.17) is 13.0 Å². The van der Waals surface area contributed by atoms with Crippen LogP contribution in [0.1, 0.15) is 25.7 Å². The highest BCUT2D eigenvalue weighted by Crippen LogP contribution is 1.99. The second-order valence-corrected chi connectivity index (χ2v) is 1.93. The highest BCUT2D eigenvalue weighted by molar-refractivity contribution is 8.59. The van der Waals surface area contributed by atoms with Gasteiger partial charge >= 0.3 is 0 Å². The van der Waals surface area contributed by atoms with Gasteiger partial charge in [-0.15, -0.1) is 23.3 Å². The molecule has 0 aromatic carbocycles. The third kappa shape index (κ3) is 15.9. The SMILES string of the molecule is SS.[B]CCCCCCO. The number of aliphatic hydroxyl groups is 1. The maximum Gasteiger partial charge on any atom is 0.0653 e. The summed E-state index contributed by atoms with van der Waals surface area (Å²) in [6, 6.07) is 0. The van der Waals surface area contributed by atoms with Crippen LogP contribution in [-0.4, -0.2) is 19.6 Å². The Morgan fingerprint density at radius 2 is 1.50 bits per heavy atom. The van der Waals surface area contributed by atoms with Gasteiger partial charge in [0, 0.05) is 6.61 Å². The van der Waals surface area contributed by atoms with Crippen molar-refractivity contribution in [3.05, 3.63) is 0 Å². The van der Waals surface area contributed by atoms with Gasteiger partial charge in [-0.25, -0.2) is 0 Å². The van der Waals surface area contributed by atoms with Gasteiger partial charge in [0.2, 0.25) is 0 Å². The highest BCUT2D eigenvalue weighted by atomic mass is 33.1. The molecule has 0 aliphatic rings. The Balaban J connectivity index is 0. The van der Waals surface area contributed by atoms with E-state index < -0.39 is 0 Å². The molecule has 0 aromatic rings. The second kappa shape index (κ2) is 16.4. The van der Waals surface area contributed by atoms with Crippen LogP contribution in [0.4, 0.5) is 0 Å². The van der Waals surface area contributed by atoms with Crippen molar-refractivity contribution in [3.8, 4) is 0 Å². The van der Waals surface area contributed by atoms with Crippen molar-refractivity contribution in [1.82, 2.24) is 0 Å². The van der Waals surface area contributed by atoms with Crippen LogP contribution in [0.3, 0.4) is 0 Å². The minimum absolute atomic E-state index is 0.324. The van der Waals surface area contributed by atoms with Gasteiger partial charge < -0.3 is 5.11 Å². The standard InChI is InChI=1S/C6H13BO.H2S2/c7-5-3-1-2-4-6-8;1-2/h8H,1-6H2;1-2H. The van der Waals surface area contributed by atoms with Crippen LogP contribution < -0.4 is 0 Å². The highest BCUT2D eigenvalue weighted by Gasteiger charge is 1.83. The third-order valence-corrected chi connectivity index (χ3v) is 1.11. The monoisotopic (exact) mass is 178 g/mol. The van der Waals surface area contributed by atoms with Crippen LogP contribution in [0.15, 0.2) is 0 Å². The fourth-order valence-electron chi connectivity index (χ4n) is 0.610. The summed E-state index contributed by atoms with van der Waals surface area (Å²) in [6.07, 6.45) is 5.09. The van der Waals surface area contributed by atoms with Gasteiger partial charge in [0.15, 0.2) is 0 Å². The van der Waals surface area contributed by atoms with E-state index in [0.29, 0.717) is 6.61 Å². The molecule has 2 radical (unpaired) electrons. The number of unbranched alkanes of at least 4 members (excludes halogenated alkanes) is 3. The van der Waals surface area contributed by atoms with Crippen molar-refractivity contribution >= 4 is 31.2 Å². The predicted molar refractivity (Wildman–Crippen MR) is 54.1 cm³/mol. The van der Waals surface area contributed by atoms with Crippen molar-refractivity contribution < 1.29 is 5.11 Å². The van der Waals surface area contributed by atoms with E-state index in [1.807, 2.05) is 0 Å². The van der Waals surface area contributed by atoms with Crippen LogP contribution in [0, 0.1) is 0 Å². The quantitative estimate of drug-likeness (QED) is 0.254. The summed E-state index contributed by atoms with van der Waals surface area (Å²) in [5.74, 6) is 0. The fraction of sp³-hybridized carbons (Fsp3) is 1.00. The molecule has 10 heavy (non-hydrogen) atoms. The van der Waals surface area contributed by atoms with Crippen molar-refractivity contribution in [3.63, 3.8) is 0 Å². The zero-order valence-electron chi connectivity index (χ0n) is 6.16. The minimum Gasteiger partial charge on any atom is -0.396 e. The van der Waals surface area contributed by atoms with Crippen molar-refractivity contribution in [1.29, 1.82) is 0 Å². The molecule has 0 rings (SSSR count). The first-order chi connectivity index (χ1) is 4.91. The molecule has 0 unspecified atom stereocenters. The lowest BCUT2D eigenvalue weighted by atomic mass is 9.99. The zero-order chi connectivity index (χ0) is 8.24. The summed E-state index contributed by atoms with van der Waals surface area (Å²) < 4.78 is 0. The van der Waals surface area contributed by atoms with Gasteiger partial charge in [-0.2, -0.15) is 0 Å². The normalized spacial score (nSPS) is 8.30. The molecule has 0 bridgehead atoms. The average Bonchev–Trinajstić information content (AvgIpc) is 2.02.